The Morgan fingerprint density at radius 2 is 2.12 bits per heavy atom. The normalized spacial score (nSPS) is 18.5. The van der Waals surface area contributed by atoms with E-state index in [4.69, 9.17) is 4.52 Å². The van der Waals surface area contributed by atoms with Crippen molar-refractivity contribution in [2.24, 2.45) is 7.05 Å². The third-order valence-electron chi connectivity index (χ3n) is 5.29. The molecule has 1 aliphatic rings. The molecule has 1 aliphatic heterocycles. The van der Waals surface area contributed by atoms with Crippen molar-refractivity contribution in [3.63, 3.8) is 0 Å². The van der Waals surface area contributed by atoms with Gasteiger partial charge in [0.1, 0.15) is 18.1 Å². The zero-order valence-electron chi connectivity index (χ0n) is 15.6. The van der Waals surface area contributed by atoms with Gasteiger partial charge < -0.3 is 9.09 Å². The first-order valence-corrected chi connectivity index (χ1v) is 9.11. The maximum atomic E-state index is 5.31. The largest absolute Gasteiger partial charge is 0.361 e. The summed E-state index contributed by atoms with van der Waals surface area (Å²) >= 11 is 0. The van der Waals surface area contributed by atoms with E-state index in [0.717, 1.165) is 55.6 Å². The molecule has 0 spiro atoms. The number of nitrogens with zero attached hydrogens (tertiary/aromatic N) is 7. The molecule has 1 atom stereocenters. The Bertz CT molecular complexity index is 845. The number of hydrogen-bond donors (Lipinski definition) is 0. The number of aryl methyl sites for hydroxylation is 2. The molecule has 0 aromatic carbocycles. The molecule has 138 valence electrons. The number of hydrogen-bond acceptors (Lipinski definition) is 6. The maximum Gasteiger partial charge on any atom is 0.154 e. The van der Waals surface area contributed by atoms with Crippen molar-refractivity contribution in [2.75, 3.05) is 13.1 Å². The summed E-state index contributed by atoms with van der Waals surface area (Å²) in [7, 11) is 2.06. The third kappa shape index (κ3) is 3.29. The SMILES string of the molecule is Cc1noc(C)c1CN1CCC[C@@H](c2nnc(Cn3cccn3)n2C)C1. The molecule has 0 bridgehead atoms. The van der Waals surface area contributed by atoms with E-state index >= 15 is 0 Å². The second-order valence-corrected chi connectivity index (χ2v) is 7.11. The summed E-state index contributed by atoms with van der Waals surface area (Å²) in [6, 6.07) is 1.92. The van der Waals surface area contributed by atoms with Crippen LogP contribution in [0.1, 0.15) is 47.4 Å². The minimum Gasteiger partial charge on any atom is -0.361 e. The summed E-state index contributed by atoms with van der Waals surface area (Å²) in [4.78, 5) is 2.47. The third-order valence-corrected chi connectivity index (χ3v) is 5.29. The van der Waals surface area contributed by atoms with Gasteiger partial charge in [0, 0.05) is 44.0 Å². The molecule has 8 heteroatoms. The molecular weight excluding hydrogens is 330 g/mol. The summed E-state index contributed by atoms with van der Waals surface area (Å²) in [5, 5.41) is 17.2. The van der Waals surface area contributed by atoms with E-state index in [0.29, 0.717) is 12.5 Å². The van der Waals surface area contributed by atoms with Crippen LogP contribution in [0.25, 0.3) is 0 Å². The highest BCUT2D eigenvalue weighted by atomic mass is 16.5. The minimum absolute atomic E-state index is 0.396. The Hall–Kier alpha value is -2.48. The molecule has 1 saturated heterocycles. The lowest BCUT2D eigenvalue weighted by atomic mass is 9.96. The van der Waals surface area contributed by atoms with Gasteiger partial charge in [0.2, 0.25) is 0 Å². The smallest absolute Gasteiger partial charge is 0.154 e. The van der Waals surface area contributed by atoms with Gasteiger partial charge in [-0.05, 0) is 39.3 Å². The first-order chi connectivity index (χ1) is 12.6. The summed E-state index contributed by atoms with van der Waals surface area (Å²) in [5.41, 5.74) is 2.20. The molecule has 4 rings (SSSR count). The molecule has 4 heterocycles. The second kappa shape index (κ2) is 7.03. The monoisotopic (exact) mass is 355 g/mol. The Kier molecular flexibility index (Phi) is 4.58. The molecule has 26 heavy (non-hydrogen) atoms. The van der Waals surface area contributed by atoms with Crippen molar-refractivity contribution in [1.29, 1.82) is 0 Å². The van der Waals surface area contributed by atoms with Gasteiger partial charge in [-0.25, -0.2) is 0 Å². The molecule has 1 fully saturated rings. The van der Waals surface area contributed by atoms with Crippen LogP contribution in [0.4, 0.5) is 0 Å². The van der Waals surface area contributed by atoms with Crippen LogP contribution in [-0.2, 0) is 20.1 Å². The summed E-state index contributed by atoms with van der Waals surface area (Å²) in [6.45, 7) is 7.61. The van der Waals surface area contributed by atoms with Crippen LogP contribution in [0, 0.1) is 13.8 Å². The summed E-state index contributed by atoms with van der Waals surface area (Å²) < 4.78 is 9.31. The van der Waals surface area contributed by atoms with Crippen molar-refractivity contribution < 1.29 is 4.52 Å². The standard InChI is InChI=1S/C18H25N7O/c1-13-16(14(2)26-22-13)11-24-8-4-6-15(10-24)18-21-20-17(23(18)3)12-25-9-5-7-19-25/h5,7,9,15H,4,6,8,10-12H2,1-3H3/t15-/m1/s1. The van der Waals surface area contributed by atoms with Gasteiger partial charge in [0.25, 0.3) is 0 Å². The maximum absolute atomic E-state index is 5.31. The second-order valence-electron chi connectivity index (χ2n) is 7.11. The van der Waals surface area contributed by atoms with E-state index in [1.807, 2.05) is 30.8 Å². The van der Waals surface area contributed by atoms with Gasteiger partial charge in [0.15, 0.2) is 5.82 Å². The summed E-state index contributed by atoms with van der Waals surface area (Å²) in [6.07, 6.45) is 6.03. The van der Waals surface area contributed by atoms with E-state index in [9.17, 15) is 0 Å². The van der Waals surface area contributed by atoms with E-state index in [1.165, 1.54) is 5.56 Å². The molecule has 3 aromatic heterocycles. The molecule has 0 N–H and O–H groups in total. The Balaban J connectivity index is 1.47. The lowest BCUT2D eigenvalue weighted by Crippen LogP contribution is -2.35. The van der Waals surface area contributed by atoms with Crippen LogP contribution >= 0.6 is 0 Å². The van der Waals surface area contributed by atoms with Gasteiger partial charge in [0.05, 0.1) is 5.69 Å². The molecule has 0 radical (unpaired) electrons. The Labute approximate surface area is 152 Å². The van der Waals surface area contributed by atoms with E-state index in [1.54, 1.807) is 6.20 Å². The average molecular weight is 355 g/mol. The van der Waals surface area contributed by atoms with Crippen LogP contribution in [-0.4, -0.2) is 47.7 Å². The Morgan fingerprint density at radius 3 is 2.85 bits per heavy atom. The van der Waals surface area contributed by atoms with E-state index < -0.39 is 0 Å². The highest BCUT2D eigenvalue weighted by Crippen LogP contribution is 2.27. The minimum atomic E-state index is 0.396. The molecule has 0 amide bonds. The molecule has 0 aliphatic carbocycles. The van der Waals surface area contributed by atoms with Gasteiger partial charge in [-0.15, -0.1) is 10.2 Å². The van der Waals surface area contributed by atoms with Crippen LogP contribution in [0.3, 0.4) is 0 Å². The number of piperidine rings is 1. The highest BCUT2D eigenvalue weighted by molar-refractivity contribution is 5.20. The van der Waals surface area contributed by atoms with Crippen molar-refractivity contribution in [3.05, 3.63) is 47.1 Å². The first kappa shape index (κ1) is 17.0. The predicted octanol–water partition coefficient (Wildman–Crippen LogP) is 2.04. The average Bonchev–Trinajstić information content (AvgIpc) is 3.35. The van der Waals surface area contributed by atoms with Gasteiger partial charge in [-0.3, -0.25) is 9.58 Å². The molecular formula is C18H25N7O. The van der Waals surface area contributed by atoms with Crippen LogP contribution in [0.2, 0.25) is 0 Å². The lowest BCUT2D eigenvalue weighted by molar-refractivity contribution is 0.193. The number of aromatic nitrogens is 6. The van der Waals surface area contributed by atoms with E-state index in [2.05, 4.69) is 37.0 Å². The zero-order chi connectivity index (χ0) is 18.1. The number of likely N-dealkylation sites (tertiary alicyclic amines) is 1. The Morgan fingerprint density at radius 1 is 1.23 bits per heavy atom. The fraction of sp³-hybridized carbons (Fsp3) is 0.556. The van der Waals surface area contributed by atoms with Gasteiger partial charge >= 0.3 is 0 Å². The molecule has 0 saturated carbocycles. The number of rotatable bonds is 5. The quantitative estimate of drug-likeness (QED) is 0.697. The van der Waals surface area contributed by atoms with Crippen molar-refractivity contribution in [3.8, 4) is 0 Å². The molecule has 3 aromatic rings. The van der Waals surface area contributed by atoms with Gasteiger partial charge in [-0.1, -0.05) is 5.16 Å². The van der Waals surface area contributed by atoms with Crippen molar-refractivity contribution in [2.45, 2.75) is 45.7 Å². The van der Waals surface area contributed by atoms with Crippen LogP contribution in [0.15, 0.2) is 23.0 Å². The van der Waals surface area contributed by atoms with Crippen LogP contribution < -0.4 is 0 Å². The molecule has 0 unspecified atom stereocenters. The fourth-order valence-corrected chi connectivity index (χ4v) is 3.77. The molecule has 8 nitrogen and oxygen atoms in total. The van der Waals surface area contributed by atoms with Crippen molar-refractivity contribution >= 4 is 0 Å². The predicted molar refractivity (Wildman–Crippen MR) is 95.6 cm³/mol. The van der Waals surface area contributed by atoms with Crippen molar-refractivity contribution in [1.82, 2.24) is 34.6 Å². The fourth-order valence-electron chi connectivity index (χ4n) is 3.77. The zero-order valence-corrected chi connectivity index (χ0v) is 15.6. The first-order valence-electron chi connectivity index (χ1n) is 9.11. The summed E-state index contributed by atoms with van der Waals surface area (Å²) in [5.74, 6) is 3.32. The van der Waals surface area contributed by atoms with E-state index in [-0.39, 0.29) is 0 Å². The van der Waals surface area contributed by atoms with Crippen LogP contribution in [0.5, 0.6) is 0 Å². The topological polar surface area (TPSA) is 77.8 Å². The van der Waals surface area contributed by atoms with Gasteiger partial charge in [-0.2, -0.15) is 5.10 Å². The lowest BCUT2D eigenvalue weighted by Gasteiger charge is -2.32. The highest BCUT2D eigenvalue weighted by Gasteiger charge is 2.27.